The van der Waals surface area contributed by atoms with Gasteiger partial charge in [0.05, 0.1) is 25.3 Å². The molecular weight excluding hydrogens is 240 g/mol. The summed E-state index contributed by atoms with van der Waals surface area (Å²) < 4.78 is 5.51. The zero-order valence-electron chi connectivity index (χ0n) is 10.9. The first-order valence-corrected chi connectivity index (χ1v) is 6.07. The van der Waals surface area contributed by atoms with Crippen molar-refractivity contribution >= 4 is 18.3 Å². The molecule has 0 aromatic heterocycles. The smallest absolute Gasteiger partial charge is 0.223 e. The van der Waals surface area contributed by atoms with Crippen LogP contribution in [0.1, 0.15) is 27.2 Å². The van der Waals surface area contributed by atoms with Gasteiger partial charge in [0.25, 0.3) is 0 Å². The van der Waals surface area contributed by atoms with E-state index in [-0.39, 0.29) is 35.8 Å². The maximum Gasteiger partial charge on any atom is 0.223 e. The topological polar surface area (TPSA) is 41.6 Å². The highest BCUT2D eigenvalue weighted by Crippen LogP contribution is 2.24. The average molecular weight is 263 g/mol. The summed E-state index contributed by atoms with van der Waals surface area (Å²) in [5.74, 6) is 0.285. The van der Waals surface area contributed by atoms with Gasteiger partial charge in [-0.3, -0.25) is 4.79 Å². The number of halogens is 1. The third-order valence-corrected chi connectivity index (χ3v) is 3.14. The minimum absolute atomic E-state index is 0. The minimum Gasteiger partial charge on any atom is -0.377 e. The van der Waals surface area contributed by atoms with Crippen LogP contribution in [0, 0.1) is 5.41 Å². The lowest BCUT2D eigenvalue weighted by atomic mass is 9.90. The summed E-state index contributed by atoms with van der Waals surface area (Å²) in [7, 11) is 0. The molecule has 2 fully saturated rings. The number of morpholine rings is 1. The lowest BCUT2D eigenvalue weighted by molar-refractivity contribution is -0.150. The van der Waals surface area contributed by atoms with E-state index in [0.717, 1.165) is 13.1 Å². The highest BCUT2D eigenvalue weighted by molar-refractivity contribution is 5.85. The van der Waals surface area contributed by atoms with Crippen LogP contribution in [0.3, 0.4) is 0 Å². The number of carbonyl (C=O) groups excluding carboxylic acids is 1. The van der Waals surface area contributed by atoms with Gasteiger partial charge in [-0.2, -0.15) is 0 Å². The molecule has 17 heavy (non-hydrogen) atoms. The molecule has 2 aliphatic heterocycles. The molecule has 4 nitrogen and oxygen atoms in total. The highest BCUT2D eigenvalue weighted by atomic mass is 35.5. The number of amides is 1. The van der Waals surface area contributed by atoms with Crippen molar-refractivity contribution in [2.75, 3.05) is 26.3 Å². The second-order valence-corrected chi connectivity index (χ2v) is 6.04. The van der Waals surface area contributed by atoms with Gasteiger partial charge in [0.2, 0.25) is 5.91 Å². The summed E-state index contributed by atoms with van der Waals surface area (Å²) in [6.45, 7) is 9.43. The number of hydrogen-bond donors (Lipinski definition) is 1. The van der Waals surface area contributed by atoms with E-state index in [4.69, 9.17) is 4.74 Å². The van der Waals surface area contributed by atoms with Crippen molar-refractivity contribution < 1.29 is 9.53 Å². The van der Waals surface area contributed by atoms with E-state index in [9.17, 15) is 4.79 Å². The first-order valence-electron chi connectivity index (χ1n) is 6.07. The van der Waals surface area contributed by atoms with Gasteiger partial charge in [0.1, 0.15) is 0 Å². The summed E-state index contributed by atoms with van der Waals surface area (Å²) in [6, 6.07) is 0.477. The van der Waals surface area contributed by atoms with Gasteiger partial charge < -0.3 is 15.0 Å². The molecule has 2 heterocycles. The van der Waals surface area contributed by atoms with Crippen molar-refractivity contribution in [1.82, 2.24) is 10.2 Å². The number of nitrogens with zero attached hydrogens (tertiary/aromatic N) is 1. The Morgan fingerprint density at radius 2 is 1.82 bits per heavy atom. The fourth-order valence-corrected chi connectivity index (χ4v) is 2.48. The number of rotatable bonds is 1. The number of ether oxygens (including phenoxy) is 1. The van der Waals surface area contributed by atoms with E-state index in [1.807, 2.05) is 0 Å². The lowest BCUT2D eigenvalue weighted by Gasteiger charge is -2.46. The van der Waals surface area contributed by atoms with E-state index in [2.05, 4.69) is 31.0 Å². The molecule has 1 N–H and O–H groups in total. The van der Waals surface area contributed by atoms with Crippen LogP contribution in [-0.4, -0.2) is 49.2 Å². The Hall–Kier alpha value is -0.320. The number of piperazine rings is 1. The standard InChI is InChI=1S/C12H22N2O2.ClH/c1-12(2,3)4-11(15)14-9-5-13-6-10(14)8-16-7-9;/h9-10,13H,4-8H2,1-3H3;1H/t9-,10+;. The van der Waals surface area contributed by atoms with Gasteiger partial charge in [0.15, 0.2) is 0 Å². The van der Waals surface area contributed by atoms with Gasteiger partial charge in [-0.05, 0) is 5.41 Å². The van der Waals surface area contributed by atoms with Gasteiger partial charge >= 0.3 is 0 Å². The van der Waals surface area contributed by atoms with Crippen LogP contribution in [-0.2, 0) is 9.53 Å². The maximum absolute atomic E-state index is 12.3. The fourth-order valence-electron chi connectivity index (χ4n) is 2.48. The van der Waals surface area contributed by atoms with E-state index in [1.54, 1.807) is 0 Å². The quantitative estimate of drug-likeness (QED) is 0.768. The first kappa shape index (κ1) is 14.7. The predicted octanol–water partition coefficient (Wildman–Crippen LogP) is 1.04. The van der Waals surface area contributed by atoms with E-state index >= 15 is 0 Å². The van der Waals surface area contributed by atoms with E-state index in [0.29, 0.717) is 19.6 Å². The minimum atomic E-state index is 0. The van der Waals surface area contributed by atoms with Crippen molar-refractivity contribution in [1.29, 1.82) is 0 Å². The Morgan fingerprint density at radius 3 is 2.29 bits per heavy atom. The molecule has 2 saturated heterocycles. The summed E-state index contributed by atoms with van der Waals surface area (Å²) in [6.07, 6.45) is 0.625. The molecule has 0 aromatic carbocycles. The lowest BCUT2D eigenvalue weighted by Crippen LogP contribution is -2.65. The van der Waals surface area contributed by atoms with Gasteiger partial charge in [0, 0.05) is 19.5 Å². The van der Waals surface area contributed by atoms with Gasteiger partial charge in [-0.25, -0.2) is 0 Å². The van der Waals surface area contributed by atoms with Crippen molar-refractivity contribution in [2.24, 2.45) is 5.41 Å². The van der Waals surface area contributed by atoms with Crippen LogP contribution < -0.4 is 5.32 Å². The van der Waals surface area contributed by atoms with Crippen molar-refractivity contribution in [3.05, 3.63) is 0 Å². The molecule has 0 aromatic rings. The number of nitrogens with one attached hydrogen (secondary N) is 1. The predicted molar refractivity (Wildman–Crippen MR) is 69.4 cm³/mol. The molecule has 100 valence electrons. The second-order valence-electron chi connectivity index (χ2n) is 6.04. The van der Waals surface area contributed by atoms with Crippen LogP contribution in [0.5, 0.6) is 0 Å². The first-order chi connectivity index (χ1) is 7.47. The summed E-state index contributed by atoms with van der Waals surface area (Å²) in [5, 5.41) is 3.36. The fraction of sp³-hybridized carbons (Fsp3) is 0.917. The van der Waals surface area contributed by atoms with Gasteiger partial charge in [-0.15, -0.1) is 12.4 Å². The Labute approximate surface area is 109 Å². The molecule has 2 atom stereocenters. The molecule has 0 saturated carbocycles. The Bertz CT molecular complexity index is 256. The Balaban J connectivity index is 0.00000144. The molecule has 0 spiro atoms. The Morgan fingerprint density at radius 1 is 1.29 bits per heavy atom. The summed E-state index contributed by atoms with van der Waals surface area (Å²) >= 11 is 0. The molecule has 0 radical (unpaired) electrons. The van der Waals surface area contributed by atoms with Crippen LogP contribution in [0.25, 0.3) is 0 Å². The summed E-state index contributed by atoms with van der Waals surface area (Å²) in [4.78, 5) is 14.3. The molecule has 5 heteroatoms. The average Bonchev–Trinajstić information content (AvgIpc) is 2.13. The van der Waals surface area contributed by atoms with Crippen molar-refractivity contribution in [3.63, 3.8) is 0 Å². The van der Waals surface area contributed by atoms with Gasteiger partial charge in [-0.1, -0.05) is 20.8 Å². The van der Waals surface area contributed by atoms with Crippen LogP contribution >= 0.6 is 12.4 Å². The number of fused-ring (bicyclic) bond motifs is 2. The third-order valence-electron chi connectivity index (χ3n) is 3.14. The molecule has 2 rings (SSSR count). The molecular formula is C12H23ClN2O2. The maximum atomic E-state index is 12.3. The van der Waals surface area contributed by atoms with E-state index in [1.165, 1.54) is 0 Å². The zero-order valence-corrected chi connectivity index (χ0v) is 11.7. The van der Waals surface area contributed by atoms with E-state index < -0.39 is 0 Å². The number of hydrogen-bond acceptors (Lipinski definition) is 3. The van der Waals surface area contributed by atoms with Crippen molar-refractivity contribution in [3.8, 4) is 0 Å². The third kappa shape index (κ3) is 3.57. The Kier molecular flexibility index (Phi) is 4.81. The number of carbonyl (C=O) groups is 1. The second kappa shape index (κ2) is 5.55. The monoisotopic (exact) mass is 262 g/mol. The SMILES string of the molecule is CC(C)(C)CC(=O)N1[C@@H]2CNC[C@H]1COC2.Cl. The molecule has 0 unspecified atom stereocenters. The normalized spacial score (nSPS) is 28.5. The van der Waals surface area contributed by atoms with Crippen molar-refractivity contribution in [2.45, 2.75) is 39.3 Å². The summed E-state index contributed by atoms with van der Waals surface area (Å²) in [5.41, 5.74) is 0.0666. The molecule has 2 aliphatic rings. The van der Waals surface area contributed by atoms with Crippen LogP contribution in [0.4, 0.5) is 0 Å². The zero-order chi connectivity index (χ0) is 11.8. The molecule has 2 bridgehead atoms. The van der Waals surface area contributed by atoms with Crippen LogP contribution in [0.2, 0.25) is 0 Å². The molecule has 0 aliphatic carbocycles. The van der Waals surface area contributed by atoms with Crippen LogP contribution in [0.15, 0.2) is 0 Å². The highest BCUT2D eigenvalue weighted by Gasteiger charge is 2.38. The largest absolute Gasteiger partial charge is 0.377 e. The molecule has 1 amide bonds.